The molecule has 2 nitrogen and oxygen atoms in total. The van der Waals surface area contributed by atoms with Crippen molar-refractivity contribution in [2.24, 2.45) is 0 Å². The van der Waals surface area contributed by atoms with Crippen LogP contribution in [0.5, 0.6) is 0 Å². The summed E-state index contributed by atoms with van der Waals surface area (Å²) in [4.78, 5) is 12.0. The molecule has 1 amide bonds. The van der Waals surface area contributed by atoms with Gasteiger partial charge in [-0.1, -0.05) is 59.3 Å². The summed E-state index contributed by atoms with van der Waals surface area (Å²) in [6.07, 6.45) is 4.24. The van der Waals surface area contributed by atoms with Crippen LogP contribution in [0.3, 0.4) is 0 Å². The zero-order valence-electron chi connectivity index (χ0n) is 11.3. The van der Waals surface area contributed by atoms with Crippen LogP contribution in [0.4, 0.5) is 5.69 Å². The zero-order chi connectivity index (χ0) is 14.4. The van der Waals surface area contributed by atoms with Crippen LogP contribution in [-0.2, 0) is 11.2 Å². The van der Waals surface area contributed by atoms with Gasteiger partial charge in [0.1, 0.15) is 0 Å². The number of anilines is 1. The first-order valence-corrected chi connectivity index (χ1v) is 7.31. The van der Waals surface area contributed by atoms with E-state index in [0.717, 1.165) is 27.7 Å². The van der Waals surface area contributed by atoms with E-state index in [-0.39, 0.29) is 5.91 Å². The van der Waals surface area contributed by atoms with E-state index in [9.17, 15) is 4.79 Å². The maximum atomic E-state index is 12.0. The quantitative estimate of drug-likeness (QED) is 0.812. The van der Waals surface area contributed by atoms with Gasteiger partial charge in [0.15, 0.2) is 0 Å². The molecule has 0 saturated heterocycles. The molecule has 0 heterocycles. The Hall–Kier alpha value is -1.87. The average Bonchev–Trinajstić information content (AvgIpc) is 2.47. The molecule has 2 aromatic carbocycles. The molecular formula is C17H16BrNO. The first-order chi connectivity index (χ1) is 9.70. The fourth-order valence-corrected chi connectivity index (χ4v) is 2.32. The topological polar surface area (TPSA) is 29.1 Å². The van der Waals surface area contributed by atoms with E-state index < -0.39 is 0 Å². The molecule has 0 bridgehead atoms. The predicted molar refractivity (Wildman–Crippen MR) is 87.6 cm³/mol. The van der Waals surface area contributed by atoms with E-state index in [1.807, 2.05) is 48.5 Å². The summed E-state index contributed by atoms with van der Waals surface area (Å²) in [5.74, 6) is -0.123. The molecule has 0 aliphatic rings. The lowest BCUT2D eigenvalue weighted by Gasteiger charge is -2.07. The standard InChI is InChI=1S/C17H16BrNO/c1-2-13-7-4-6-10-16(13)19-17(20)12-11-14-8-3-5-9-15(14)18/h3-12H,2H2,1H3,(H,19,20)/b12-11+. The number of nitrogens with one attached hydrogen (secondary N) is 1. The van der Waals surface area contributed by atoms with E-state index in [4.69, 9.17) is 0 Å². The van der Waals surface area contributed by atoms with Crippen molar-refractivity contribution in [1.29, 1.82) is 0 Å². The summed E-state index contributed by atoms with van der Waals surface area (Å²) in [7, 11) is 0. The maximum Gasteiger partial charge on any atom is 0.248 e. The fourth-order valence-electron chi connectivity index (χ4n) is 1.90. The molecule has 0 unspecified atom stereocenters. The molecule has 3 heteroatoms. The Balaban J connectivity index is 2.08. The molecule has 0 aliphatic carbocycles. The molecule has 0 fully saturated rings. The van der Waals surface area contributed by atoms with Crippen LogP contribution < -0.4 is 5.32 Å². The molecule has 1 N–H and O–H groups in total. The van der Waals surface area contributed by atoms with Gasteiger partial charge < -0.3 is 5.32 Å². The second-order valence-corrected chi connectivity index (χ2v) is 5.21. The molecule has 0 spiro atoms. The van der Waals surface area contributed by atoms with Crippen LogP contribution in [0.2, 0.25) is 0 Å². The summed E-state index contributed by atoms with van der Waals surface area (Å²) >= 11 is 3.45. The number of halogens is 1. The van der Waals surface area contributed by atoms with Gasteiger partial charge in [-0.25, -0.2) is 0 Å². The fraction of sp³-hybridized carbons (Fsp3) is 0.118. The number of aryl methyl sites for hydroxylation is 1. The third-order valence-corrected chi connectivity index (χ3v) is 3.70. The van der Waals surface area contributed by atoms with Gasteiger partial charge in [-0.2, -0.15) is 0 Å². The smallest absolute Gasteiger partial charge is 0.248 e. The molecule has 102 valence electrons. The minimum atomic E-state index is -0.123. The summed E-state index contributed by atoms with van der Waals surface area (Å²) in [5, 5.41) is 2.91. The summed E-state index contributed by atoms with van der Waals surface area (Å²) in [5.41, 5.74) is 2.98. The van der Waals surface area contributed by atoms with Crippen LogP contribution >= 0.6 is 15.9 Å². The van der Waals surface area contributed by atoms with Gasteiger partial charge >= 0.3 is 0 Å². The highest BCUT2D eigenvalue weighted by Crippen LogP contribution is 2.18. The Morgan fingerprint density at radius 3 is 2.60 bits per heavy atom. The summed E-state index contributed by atoms with van der Waals surface area (Å²) < 4.78 is 0.970. The molecule has 2 aromatic rings. The largest absolute Gasteiger partial charge is 0.322 e. The second kappa shape index (κ2) is 7.06. The van der Waals surface area contributed by atoms with Crippen LogP contribution in [0.25, 0.3) is 6.08 Å². The highest BCUT2D eigenvalue weighted by atomic mass is 79.9. The van der Waals surface area contributed by atoms with E-state index >= 15 is 0 Å². The normalized spacial score (nSPS) is 10.7. The molecular weight excluding hydrogens is 314 g/mol. The van der Waals surface area contributed by atoms with Gasteiger partial charge in [0.25, 0.3) is 0 Å². The highest BCUT2D eigenvalue weighted by molar-refractivity contribution is 9.10. The van der Waals surface area contributed by atoms with Gasteiger partial charge in [0, 0.05) is 16.2 Å². The van der Waals surface area contributed by atoms with Crippen LogP contribution in [0.1, 0.15) is 18.1 Å². The molecule has 20 heavy (non-hydrogen) atoms. The van der Waals surface area contributed by atoms with Crippen molar-refractivity contribution in [2.75, 3.05) is 5.32 Å². The number of hydrogen-bond acceptors (Lipinski definition) is 1. The predicted octanol–water partition coefficient (Wildman–Crippen LogP) is 4.66. The van der Waals surface area contributed by atoms with E-state index in [0.29, 0.717) is 0 Å². The maximum absolute atomic E-state index is 12.0. The van der Waals surface area contributed by atoms with Crippen LogP contribution in [0.15, 0.2) is 59.1 Å². The number of benzene rings is 2. The van der Waals surface area contributed by atoms with Gasteiger partial charge in [-0.3, -0.25) is 4.79 Å². The number of para-hydroxylation sites is 1. The molecule has 0 atom stereocenters. The van der Waals surface area contributed by atoms with E-state index in [1.165, 1.54) is 0 Å². The van der Waals surface area contributed by atoms with Gasteiger partial charge in [-0.15, -0.1) is 0 Å². The Morgan fingerprint density at radius 1 is 1.15 bits per heavy atom. The number of rotatable bonds is 4. The lowest BCUT2D eigenvalue weighted by atomic mass is 10.1. The number of carbonyl (C=O) groups is 1. The third kappa shape index (κ3) is 3.81. The summed E-state index contributed by atoms with van der Waals surface area (Å²) in [6.45, 7) is 2.07. The van der Waals surface area contributed by atoms with Gasteiger partial charge in [0.05, 0.1) is 0 Å². The number of amides is 1. The van der Waals surface area contributed by atoms with Crippen molar-refractivity contribution in [2.45, 2.75) is 13.3 Å². The first-order valence-electron chi connectivity index (χ1n) is 6.52. The van der Waals surface area contributed by atoms with E-state index in [1.54, 1.807) is 12.2 Å². The zero-order valence-corrected chi connectivity index (χ0v) is 12.9. The monoisotopic (exact) mass is 329 g/mol. The Kier molecular flexibility index (Phi) is 5.13. The average molecular weight is 330 g/mol. The van der Waals surface area contributed by atoms with Crippen LogP contribution in [-0.4, -0.2) is 5.91 Å². The van der Waals surface area contributed by atoms with Crippen molar-refractivity contribution in [3.05, 3.63) is 70.2 Å². The second-order valence-electron chi connectivity index (χ2n) is 4.35. The SMILES string of the molecule is CCc1ccccc1NC(=O)/C=C/c1ccccc1Br. The van der Waals surface area contributed by atoms with Gasteiger partial charge in [-0.05, 0) is 35.8 Å². The van der Waals surface area contributed by atoms with Crippen LogP contribution in [0, 0.1) is 0 Å². The van der Waals surface area contributed by atoms with E-state index in [2.05, 4.69) is 28.2 Å². The molecule has 0 saturated carbocycles. The summed E-state index contributed by atoms with van der Waals surface area (Å²) in [6, 6.07) is 15.6. The van der Waals surface area contributed by atoms with Crippen molar-refractivity contribution < 1.29 is 4.79 Å². The first kappa shape index (κ1) is 14.5. The molecule has 0 radical (unpaired) electrons. The van der Waals surface area contributed by atoms with Crippen molar-refractivity contribution >= 4 is 33.6 Å². The highest BCUT2D eigenvalue weighted by Gasteiger charge is 2.02. The lowest BCUT2D eigenvalue weighted by molar-refractivity contribution is -0.111. The molecule has 0 aliphatic heterocycles. The Labute approximate surface area is 127 Å². The molecule has 2 rings (SSSR count). The van der Waals surface area contributed by atoms with Crippen molar-refractivity contribution in [3.8, 4) is 0 Å². The number of hydrogen-bond donors (Lipinski definition) is 1. The minimum Gasteiger partial charge on any atom is -0.322 e. The Bertz CT molecular complexity index is 634. The number of carbonyl (C=O) groups excluding carboxylic acids is 1. The van der Waals surface area contributed by atoms with Crippen molar-refractivity contribution in [3.63, 3.8) is 0 Å². The van der Waals surface area contributed by atoms with Crippen molar-refractivity contribution in [1.82, 2.24) is 0 Å². The molecule has 0 aromatic heterocycles. The van der Waals surface area contributed by atoms with Gasteiger partial charge in [0.2, 0.25) is 5.91 Å². The lowest BCUT2D eigenvalue weighted by Crippen LogP contribution is -2.09. The minimum absolute atomic E-state index is 0.123. The third-order valence-electron chi connectivity index (χ3n) is 2.98. The Morgan fingerprint density at radius 2 is 1.85 bits per heavy atom.